The van der Waals surface area contributed by atoms with Gasteiger partial charge in [0, 0.05) is 18.8 Å². The van der Waals surface area contributed by atoms with Crippen molar-refractivity contribution in [1.29, 1.82) is 0 Å². The Bertz CT molecular complexity index is 264. The standard InChI is InChI=1S/C12H20N2O/c1-4-10(2)14-8-11(3)15-12-6-5-7-13-9-12/h5-7,9-11,14H,4,8H2,1-3H3. The molecule has 1 rings (SSSR count). The molecule has 0 saturated heterocycles. The number of nitrogens with zero attached hydrogens (tertiary/aromatic N) is 1. The highest BCUT2D eigenvalue weighted by Crippen LogP contribution is 2.08. The first-order chi connectivity index (χ1) is 7.22. The van der Waals surface area contributed by atoms with E-state index in [0.717, 1.165) is 18.7 Å². The van der Waals surface area contributed by atoms with E-state index in [1.807, 2.05) is 12.1 Å². The molecule has 2 unspecified atom stereocenters. The van der Waals surface area contributed by atoms with Gasteiger partial charge in [-0.05, 0) is 32.4 Å². The van der Waals surface area contributed by atoms with Crippen LogP contribution in [0.25, 0.3) is 0 Å². The van der Waals surface area contributed by atoms with Crippen molar-refractivity contribution in [2.24, 2.45) is 0 Å². The lowest BCUT2D eigenvalue weighted by Gasteiger charge is -2.17. The fourth-order valence-electron chi connectivity index (χ4n) is 1.20. The van der Waals surface area contributed by atoms with Crippen molar-refractivity contribution < 1.29 is 4.74 Å². The van der Waals surface area contributed by atoms with Crippen molar-refractivity contribution in [2.75, 3.05) is 6.54 Å². The maximum atomic E-state index is 5.68. The molecule has 2 atom stereocenters. The lowest BCUT2D eigenvalue weighted by atomic mass is 10.2. The molecule has 3 nitrogen and oxygen atoms in total. The van der Waals surface area contributed by atoms with E-state index in [0.29, 0.717) is 6.04 Å². The Hall–Kier alpha value is -1.09. The highest BCUT2D eigenvalue weighted by Gasteiger charge is 2.05. The Labute approximate surface area is 91.9 Å². The summed E-state index contributed by atoms with van der Waals surface area (Å²) in [6, 6.07) is 4.35. The third-order valence-corrected chi connectivity index (χ3v) is 2.34. The second-order valence-corrected chi connectivity index (χ2v) is 3.83. The lowest BCUT2D eigenvalue weighted by molar-refractivity contribution is 0.211. The average molecular weight is 208 g/mol. The fourth-order valence-corrected chi connectivity index (χ4v) is 1.20. The van der Waals surface area contributed by atoms with Crippen molar-refractivity contribution in [3.05, 3.63) is 24.5 Å². The molecule has 0 saturated carbocycles. The summed E-state index contributed by atoms with van der Waals surface area (Å²) in [6.45, 7) is 7.27. The molecule has 0 aliphatic rings. The minimum atomic E-state index is 0.170. The van der Waals surface area contributed by atoms with E-state index < -0.39 is 0 Å². The first kappa shape index (κ1) is 12.0. The molecule has 0 aliphatic heterocycles. The molecule has 1 heterocycles. The van der Waals surface area contributed by atoms with Crippen molar-refractivity contribution in [2.45, 2.75) is 39.3 Å². The number of hydrogen-bond donors (Lipinski definition) is 1. The summed E-state index contributed by atoms with van der Waals surface area (Å²) in [4.78, 5) is 4.00. The van der Waals surface area contributed by atoms with Gasteiger partial charge in [-0.3, -0.25) is 4.98 Å². The minimum Gasteiger partial charge on any atom is -0.488 e. The largest absolute Gasteiger partial charge is 0.488 e. The van der Waals surface area contributed by atoms with Gasteiger partial charge in [-0.1, -0.05) is 6.92 Å². The lowest BCUT2D eigenvalue weighted by Crippen LogP contribution is -2.34. The van der Waals surface area contributed by atoms with Gasteiger partial charge in [0.25, 0.3) is 0 Å². The normalized spacial score (nSPS) is 14.6. The van der Waals surface area contributed by atoms with Crippen LogP contribution in [0.2, 0.25) is 0 Å². The van der Waals surface area contributed by atoms with Crippen molar-refractivity contribution in [3.8, 4) is 5.75 Å². The molecule has 3 heteroatoms. The van der Waals surface area contributed by atoms with Crippen LogP contribution in [0.3, 0.4) is 0 Å². The zero-order valence-electron chi connectivity index (χ0n) is 9.73. The van der Waals surface area contributed by atoms with Gasteiger partial charge in [0.1, 0.15) is 11.9 Å². The second-order valence-electron chi connectivity index (χ2n) is 3.83. The van der Waals surface area contributed by atoms with Gasteiger partial charge in [-0.2, -0.15) is 0 Å². The summed E-state index contributed by atoms with van der Waals surface area (Å²) < 4.78 is 5.68. The highest BCUT2D eigenvalue weighted by molar-refractivity contribution is 5.15. The number of ether oxygens (including phenoxy) is 1. The number of hydrogen-bond acceptors (Lipinski definition) is 3. The maximum absolute atomic E-state index is 5.68. The van der Waals surface area contributed by atoms with Gasteiger partial charge in [0.2, 0.25) is 0 Å². The van der Waals surface area contributed by atoms with Crippen LogP contribution in [-0.4, -0.2) is 23.7 Å². The Morgan fingerprint density at radius 3 is 2.87 bits per heavy atom. The molecule has 84 valence electrons. The van der Waals surface area contributed by atoms with Gasteiger partial charge in [0.15, 0.2) is 0 Å². The van der Waals surface area contributed by atoms with Crippen molar-refractivity contribution in [3.63, 3.8) is 0 Å². The molecule has 0 radical (unpaired) electrons. The first-order valence-electron chi connectivity index (χ1n) is 5.52. The van der Waals surface area contributed by atoms with Crippen LogP contribution in [0, 0.1) is 0 Å². The topological polar surface area (TPSA) is 34.1 Å². The predicted molar refractivity (Wildman–Crippen MR) is 62.1 cm³/mol. The number of rotatable bonds is 6. The van der Waals surface area contributed by atoms with Crippen LogP contribution in [0.5, 0.6) is 5.75 Å². The zero-order chi connectivity index (χ0) is 11.1. The molecule has 0 bridgehead atoms. The van der Waals surface area contributed by atoms with Gasteiger partial charge in [-0.15, -0.1) is 0 Å². The van der Waals surface area contributed by atoms with Crippen LogP contribution in [0.15, 0.2) is 24.5 Å². The van der Waals surface area contributed by atoms with Crippen molar-refractivity contribution >= 4 is 0 Å². The average Bonchev–Trinajstić information content (AvgIpc) is 2.27. The quantitative estimate of drug-likeness (QED) is 0.778. The van der Waals surface area contributed by atoms with Gasteiger partial charge in [0.05, 0.1) is 6.20 Å². The number of aromatic nitrogens is 1. The molecule has 0 aromatic carbocycles. The molecule has 1 N–H and O–H groups in total. The fraction of sp³-hybridized carbons (Fsp3) is 0.583. The van der Waals surface area contributed by atoms with Crippen LogP contribution in [-0.2, 0) is 0 Å². The number of nitrogens with one attached hydrogen (secondary N) is 1. The summed E-state index contributed by atoms with van der Waals surface area (Å²) in [5.41, 5.74) is 0. The summed E-state index contributed by atoms with van der Waals surface area (Å²) in [5.74, 6) is 0.830. The highest BCUT2D eigenvalue weighted by atomic mass is 16.5. The molecule has 0 fully saturated rings. The van der Waals surface area contributed by atoms with Crippen LogP contribution < -0.4 is 10.1 Å². The first-order valence-corrected chi connectivity index (χ1v) is 5.52. The zero-order valence-corrected chi connectivity index (χ0v) is 9.73. The number of pyridine rings is 1. The Balaban J connectivity index is 2.27. The summed E-state index contributed by atoms with van der Waals surface area (Å²) in [5, 5.41) is 3.41. The van der Waals surface area contributed by atoms with E-state index in [2.05, 4.69) is 31.1 Å². The Kier molecular flexibility index (Phi) is 5.12. The Morgan fingerprint density at radius 2 is 2.27 bits per heavy atom. The van der Waals surface area contributed by atoms with E-state index in [1.165, 1.54) is 0 Å². The summed E-state index contributed by atoms with van der Waals surface area (Å²) >= 11 is 0. The minimum absolute atomic E-state index is 0.170. The van der Waals surface area contributed by atoms with Crippen LogP contribution in [0.4, 0.5) is 0 Å². The third kappa shape index (κ3) is 4.79. The van der Waals surface area contributed by atoms with Gasteiger partial charge in [-0.25, -0.2) is 0 Å². The molecule has 0 spiro atoms. The SMILES string of the molecule is CCC(C)NCC(C)Oc1cccnc1. The van der Waals surface area contributed by atoms with Crippen LogP contribution in [0.1, 0.15) is 27.2 Å². The molecule has 15 heavy (non-hydrogen) atoms. The second kappa shape index (κ2) is 6.40. The van der Waals surface area contributed by atoms with E-state index in [1.54, 1.807) is 12.4 Å². The molecule has 0 amide bonds. The summed E-state index contributed by atoms with van der Waals surface area (Å²) in [7, 11) is 0. The van der Waals surface area contributed by atoms with E-state index in [-0.39, 0.29) is 6.10 Å². The third-order valence-electron chi connectivity index (χ3n) is 2.34. The maximum Gasteiger partial charge on any atom is 0.138 e. The molecular formula is C12H20N2O. The van der Waals surface area contributed by atoms with E-state index in [9.17, 15) is 0 Å². The molecule has 1 aromatic heterocycles. The smallest absolute Gasteiger partial charge is 0.138 e. The molecular weight excluding hydrogens is 188 g/mol. The van der Waals surface area contributed by atoms with Gasteiger partial charge >= 0.3 is 0 Å². The molecule has 1 aromatic rings. The Morgan fingerprint density at radius 1 is 1.47 bits per heavy atom. The van der Waals surface area contributed by atoms with Crippen LogP contribution >= 0.6 is 0 Å². The monoisotopic (exact) mass is 208 g/mol. The molecule has 0 aliphatic carbocycles. The van der Waals surface area contributed by atoms with E-state index >= 15 is 0 Å². The van der Waals surface area contributed by atoms with Crippen molar-refractivity contribution in [1.82, 2.24) is 10.3 Å². The predicted octanol–water partition coefficient (Wildman–Crippen LogP) is 2.24. The van der Waals surface area contributed by atoms with E-state index in [4.69, 9.17) is 4.74 Å². The van der Waals surface area contributed by atoms with Gasteiger partial charge < -0.3 is 10.1 Å². The summed E-state index contributed by atoms with van der Waals surface area (Å²) in [6.07, 6.45) is 4.79.